The highest BCUT2D eigenvalue weighted by molar-refractivity contribution is 9.10. The summed E-state index contributed by atoms with van der Waals surface area (Å²) in [7, 11) is -3.61. The van der Waals surface area contributed by atoms with Crippen molar-refractivity contribution in [1.29, 1.82) is 0 Å². The molecule has 0 spiro atoms. The zero-order valence-electron chi connectivity index (χ0n) is 13.6. The summed E-state index contributed by atoms with van der Waals surface area (Å²) in [5, 5.41) is 2.33. The Morgan fingerprint density at radius 2 is 1.92 bits per heavy atom. The van der Waals surface area contributed by atoms with Gasteiger partial charge in [-0.1, -0.05) is 40.2 Å². The molecule has 2 aromatic rings. The summed E-state index contributed by atoms with van der Waals surface area (Å²) >= 11 is 3.12. The minimum Gasteiger partial charge on any atom is -0.322 e. The summed E-state index contributed by atoms with van der Waals surface area (Å²) in [4.78, 5) is 11.8. The molecular weight excluding hydrogens is 411 g/mol. The van der Waals surface area contributed by atoms with Crippen molar-refractivity contribution in [3.8, 4) is 0 Å². The van der Waals surface area contributed by atoms with E-state index in [9.17, 15) is 17.6 Å². The number of hydrogen-bond donors (Lipinski definition) is 2. The minimum absolute atomic E-state index is 0.00712. The number of anilines is 1. The second kappa shape index (κ2) is 8.55. The molecule has 5 nitrogen and oxygen atoms in total. The van der Waals surface area contributed by atoms with E-state index in [1.165, 1.54) is 12.1 Å². The van der Waals surface area contributed by atoms with Gasteiger partial charge in [0.2, 0.25) is 15.9 Å². The Bertz CT molecular complexity index is 872. The molecule has 0 aliphatic heterocycles. The average molecular weight is 429 g/mol. The van der Waals surface area contributed by atoms with Gasteiger partial charge in [0.25, 0.3) is 0 Å². The molecule has 2 N–H and O–H groups in total. The largest absolute Gasteiger partial charge is 0.322 e. The molecule has 2 aromatic carbocycles. The van der Waals surface area contributed by atoms with Crippen LogP contribution in [-0.2, 0) is 21.2 Å². The Hall–Kier alpha value is -1.77. The van der Waals surface area contributed by atoms with E-state index in [1.807, 2.05) is 31.2 Å². The van der Waals surface area contributed by atoms with E-state index < -0.39 is 28.3 Å². The lowest BCUT2D eigenvalue weighted by molar-refractivity contribution is -0.115. The maximum atomic E-state index is 13.6. The van der Waals surface area contributed by atoms with E-state index in [4.69, 9.17) is 0 Å². The predicted molar refractivity (Wildman–Crippen MR) is 99.4 cm³/mol. The molecule has 0 unspecified atom stereocenters. The minimum atomic E-state index is -3.61. The van der Waals surface area contributed by atoms with Crippen molar-refractivity contribution in [1.82, 2.24) is 4.72 Å². The second-order valence-electron chi connectivity index (χ2n) is 5.49. The summed E-state index contributed by atoms with van der Waals surface area (Å²) in [6.07, 6.45) is 0.352. The molecule has 1 amide bonds. The van der Waals surface area contributed by atoms with Gasteiger partial charge in [0.05, 0.1) is 18.0 Å². The maximum absolute atomic E-state index is 13.6. The molecule has 134 valence electrons. The van der Waals surface area contributed by atoms with E-state index in [2.05, 4.69) is 26.0 Å². The fourth-order valence-electron chi connectivity index (χ4n) is 2.17. The normalized spacial score (nSPS) is 11.3. The molecule has 0 radical (unpaired) electrons. The van der Waals surface area contributed by atoms with Gasteiger partial charge in [-0.05, 0) is 42.7 Å². The molecule has 0 saturated heterocycles. The average Bonchev–Trinajstić information content (AvgIpc) is 2.55. The molecule has 0 saturated carbocycles. The van der Waals surface area contributed by atoms with Crippen molar-refractivity contribution in [2.45, 2.75) is 13.3 Å². The number of rotatable bonds is 7. The highest BCUT2D eigenvalue weighted by Crippen LogP contribution is 2.19. The van der Waals surface area contributed by atoms with Gasteiger partial charge in [-0.25, -0.2) is 17.5 Å². The van der Waals surface area contributed by atoms with Crippen LogP contribution in [0.2, 0.25) is 0 Å². The van der Waals surface area contributed by atoms with Crippen molar-refractivity contribution < 1.29 is 17.6 Å². The van der Waals surface area contributed by atoms with Crippen LogP contribution in [0.1, 0.15) is 11.1 Å². The third-order valence-electron chi connectivity index (χ3n) is 3.56. The molecule has 0 aliphatic rings. The van der Waals surface area contributed by atoms with Crippen molar-refractivity contribution in [3.63, 3.8) is 0 Å². The SMILES string of the molecule is Cc1ccccc1CCS(=O)(=O)NCC(=O)Nc1ccc(Br)cc1F. The van der Waals surface area contributed by atoms with Crippen LogP contribution in [0.3, 0.4) is 0 Å². The highest BCUT2D eigenvalue weighted by Gasteiger charge is 2.14. The molecule has 0 aliphatic carbocycles. The van der Waals surface area contributed by atoms with Gasteiger partial charge in [-0.15, -0.1) is 0 Å². The number of amides is 1. The van der Waals surface area contributed by atoms with E-state index in [1.54, 1.807) is 6.07 Å². The molecule has 25 heavy (non-hydrogen) atoms. The van der Waals surface area contributed by atoms with Gasteiger partial charge in [-0.2, -0.15) is 0 Å². The molecular formula is C17H18BrFN2O3S. The van der Waals surface area contributed by atoms with Crippen LogP contribution in [0.25, 0.3) is 0 Å². The molecule has 0 atom stereocenters. The summed E-state index contributed by atoms with van der Waals surface area (Å²) in [5.74, 6) is -1.37. The number of nitrogens with one attached hydrogen (secondary N) is 2. The smallest absolute Gasteiger partial charge is 0.239 e. The molecule has 0 heterocycles. The number of benzene rings is 2. The van der Waals surface area contributed by atoms with Gasteiger partial charge in [0.15, 0.2) is 0 Å². The van der Waals surface area contributed by atoms with Crippen LogP contribution < -0.4 is 10.0 Å². The monoisotopic (exact) mass is 428 g/mol. The number of aryl methyl sites for hydroxylation is 2. The molecule has 0 aromatic heterocycles. The fraction of sp³-hybridized carbons (Fsp3) is 0.235. The highest BCUT2D eigenvalue weighted by atomic mass is 79.9. The van der Waals surface area contributed by atoms with Crippen molar-refractivity contribution >= 4 is 37.5 Å². The molecule has 2 rings (SSSR count). The first-order valence-corrected chi connectivity index (χ1v) is 9.98. The molecule has 8 heteroatoms. The van der Waals surface area contributed by atoms with E-state index in [0.717, 1.165) is 11.1 Å². The summed E-state index contributed by atoms with van der Waals surface area (Å²) in [6.45, 7) is 1.46. The third kappa shape index (κ3) is 6.22. The second-order valence-corrected chi connectivity index (χ2v) is 8.33. The number of halogens is 2. The first-order valence-electron chi connectivity index (χ1n) is 7.53. The maximum Gasteiger partial charge on any atom is 0.239 e. The van der Waals surface area contributed by atoms with Crippen LogP contribution in [0.4, 0.5) is 10.1 Å². The van der Waals surface area contributed by atoms with Gasteiger partial charge in [0, 0.05) is 4.47 Å². The van der Waals surface area contributed by atoms with Crippen molar-refractivity contribution in [2.24, 2.45) is 0 Å². The molecule has 0 bridgehead atoms. The number of carbonyl (C=O) groups is 1. The standard InChI is InChI=1S/C17H18BrFN2O3S/c1-12-4-2-3-5-13(12)8-9-25(23,24)20-11-17(22)21-16-7-6-14(18)10-15(16)19/h2-7,10,20H,8-9,11H2,1H3,(H,21,22). The van der Waals surface area contributed by atoms with Crippen molar-refractivity contribution in [2.75, 3.05) is 17.6 Å². The molecule has 0 fully saturated rings. The summed E-state index contributed by atoms with van der Waals surface area (Å²) in [6, 6.07) is 11.7. The third-order valence-corrected chi connectivity index (χ3v) is 5.38. The first kappa shape index (κ1) is 19.6. The van der Waals surface area contributed by atoms with Crippen LogP contribution in [0.5, 0.6) is 0 Å². The zero-order valence-corrected chi connectivity index (χ0v) is 16.0. The Morgan fingerprint density at radius 1 is 1.20 bits per heavy atom. The fourth-order valence-corrected chi connectivity index (χ4v) is 3.48. The van der Waals surface area contributed by atoms with Crippen LogP contribution in [0.15, 0.2) is 46.9 Å². The van der Waals surface area contributed by atoms with Gasteiger partial charge in [0.1, 0.15) is 5.82 Å². The van der Waals surface area contributed by atoms with Crippen LogP contribution in [-0.4, -0.2) is 26.6 Å². The summed E-state index contributed by atoms with van der Waals surface area (Å²) in [5.41, 5.74) is 1.95. The van der Waals surface area contributed by atoms with Crippen molar-refractivity contribution in [3.05, 3.63) is 63.9 Å². The van der Waals surface area contributed by atoms with Gasteiger partial charge < -0.3 is 5.32 Å². The number of sulfonamides is 1. The van der Waals surface area contributed by atoms with Crippen LogP contribution >= 0.6 is 15.9 Å². The zero-order chi connectivity index (χ0) is 18.4. The first-order chi connectivity index (χ1) is 11.8. The lowest BCUT2D eigenvalue weighted by atomic mass is 10.1. The Balaban J connectivity index is 1.86. The van der Waals surface area contributed by atoms with E-state index >= 15 is 0 Å². The van der Waals surface area contributed by atoms with Gasteiger partial charge in [-0.3, -0.25) is 4.79 Å². The predicted octanol–water partition coefficient (Wildman–Crippen LogP) is 3.00. The lowest BCUT2D eigenvalue weighted by Gasteiger charge is -2.09. The number of hydrogen-bond acceptors (Lipinski definition) is 3. The topological polar surface area (TPSA) is 75.3 Å². The van der Waals surface area contributed by atoms with Crippen LogP contribution in [0, 0.1) is 12.7 Å². The number of carbonyl (C=O) groups excluding carboxylic acids is 1. The Morgan fingerprint density at radius 3 is 2.60 bits per heavy atom. The quantitative estimate of drug-likeness (QED) is 0.711. The Labute approximate surface area is 154 Å². The lowest BCUT2D eigenvalue weighted by Crippen LogP contribution is -2.35. The van der Waals surface area contributed by atoms with Gasteiger partial charge >= 0.3 is 0 Å². The van der Waals surface area contributed by atoms with E-state index in [-0.39, 0.29) is 11.4 Å². The summed E-state index contributed by atoms with van der Waals surface area (Å²) < 4.78 is 40.4. The Kier molecular flexibility index (Phi) is 6.69. The van der Waals surface area contributed by atoms with E-state index in [0.29, 0.717) is 10.9 Å².